The number of nitrogens with two attached hydrogens (primary N) is 1. The number of rotatable bonds is 2. The third-order valence-corrected chi connectivity index (χ3v) is 5.13. The highest BCUT2D eigenvalue weighted by Gasteiger charge is 2.68. The highest BCUT2D eigenvalue weighted by atomic mass is 32.2. The van der Waals surface area contributed by atoms with Crippen LogP contribution in [0.2, 0.25) is 0 Å². The Hall–Kier alpha value is -0.300. The second-order valence-corrected chi connectivity index (χ2v) is 6.26. The van der Waals surface area contributed by atoms with Gasteiger partial charge in [-0.1, -0.05) is 0 Å². The summed E-state index contributed by atoms with van der Waals surface area (Å²) in [7, 11) is 0. The summed E-state index contributed by atoms with van der Waals surface area (Å²) >= 11 is -2.24. The summed E-state index contributed by atoms with van der Waals surface area (Å²) in [6, 6.07) is -0.421. The quantitative estimate of drug-likeness (QED) is 0.676. The fraction of sp³-hybridized carbons (Fsp3) is 0.900. The smallest absolute Gasteiger partial charge is 0.137 e. The Morgan fingerprint density at radius 2 is 2.12 bits per heavy atom. The Kier molecular flexibility index (Phi) is 2.55. The minimum absolute atomic E-state index is 0.103. The molecule has 2 rings (SSSR count). The van der Waals surface area contributed by atoms with E-state index < -0.39 is 39.5 Å². The van der Waals surface area contributed by atoms with Gasteiger partial charge in [0.05, 0.1) is 22.4 Å². The number of carbonyl (C=O) groups is 1. The summed E-state index contributed by atoms with van der Waals surface area (Å²) in [6.07, 6.45) is 0.366. The number of carbonyl (C=O) groups excluding carboxylic acids is 1. The zero-order valence-corrected chi connectivity index (χ0v) is 10.4. The van der Waals surface area contributed by atoms with Crippen LogP contribution < -0.4 is 5.73 Å². The van der Waals surface area contributed by atoms with Gasteiger partial charge in [-0.3, -0.25) is 9.00 Å². The lowest BCUT2D eigenvalue weighted by atomic mass is 9.70. The third kappa shape index (κ3) is 1.33. The molecule has 6 heteroatoms. The van der Waals surface area contributed by atoms with Crippen LogP contribution in [0.25, 0.3) is 0 Å². The zero-order valence-electron chi connectivity index (χ0n) is 9.56. The van der Waals surface area contributed by atoms with Crippen LogP contribution in [0.15, 0.2) is 0 Å². The Labute approximate surface area is 97.0 Å². The average molecular weight is 246 g/mol. The van der Waals surface area contributed by atoms with Gasteiger partial charge in [0.15, 0.2) is 0 Å². The fourth-order valence-corrected chi connectivity index (χ4v) is 4.32. The van der Waals surface area contributed by atoms with Crippen LogP contribution in [0.5, 0.6) is 0 Å². The Bertz CT molecular complexity index is 374. The van der Waals surface area contributed by atoms with Crippen molar-refractivity contribution in [3.05, 3.63) is 0 Å². The summed E-state index contributed by atoms with van der Waals surface area (Å²) < 4.78 is 28.1. The first kappa shape index (κ1) is 12.2. The predicted molar refractivity (Wildman–Crippen MR) is 57.4 cm³/mol. The molecule has 0 aromatic heterocycles. The van der Waals surface area contributed by atoms with E-state index in [-0.39, 0.29) is 5.78 Å². The van der Waals surface area contributed by atoms with Gasteiger partial charge in [0.1, 0.15) is 5.78 Å². The first-order valence-corrected chi connectivity index (χ1v) is 6.40. The third-order valence-electron chi connectivity index (χ3n) is 4.04. The zero-order chi connectivity index (χ0) is 12.3. The van der Waals surface area contributed by atoms with Gasteiger partial charge in [-0.2, -0.15) is 0 Å². The predicted octanol–water partition coefficient (Wildman–Crippen LogP) is -0.282. The molecule has 0 amide bonds. The topological polar surface area (TPSA) is 92.5 Å². The molecule has 2 N–H and O–H groups in total. The monoisotopic (exact) mass is 246 g/mol. The second-order valence-electron chi connectivity index (χ2n) is 5.17. The van der Waals surface area contributed by atoms with E-state index >= 15 is 0 Å². The lowest BCUT2D eigenvalue weighted by molar-refractivity contribution is -0.125. The van der Waals surface area contributed by atoms with Crippen molar-refractivity contribution < 1.29 is 18.3 Å². The number of hydrogen-bond donors (Lipinski definition) is 1. The minimum atomic E-state index is -2.24. The van der Waals surface area contributed by atoms with Crippen molar-refractivity contribution in [3.63, 3.8) is 0 Å². The Balaban J connectivity index is 2.45. The van der Waals surface area contributed by atoms with E-state index in [0.717, 1.165) is 0 Å². The van der Waals surface area contributed by atoms with Gasteiger partial charge in [0, 0.05) is 6.04 Å². The van der Waals surface area contributed by atoms with E-state index in [1.54, 1.807) is 13.8 Å². The molecule has 6 atom stereocenters. The van der Waals surface area contributed by atoms with Crippen LogP contribution in [0.1, 0.15) is 27.2 Å². The standard InChI is InChI=1S/C10H17NO4S/c1-5(12)7-8(11)9(2)4-6(16(13)14)10(7,3)15-9/h6-8H,4,11H2,1-3H3,(H,13,14)/p-1. The van der Waals surface area contributed by atoms with Gasteiger partial charge in [-0.05, 0) is 38.3 Å². The Morgan fingerprint density at radius 1 is 1.56 bits per heavy atom. The molecule has 0 radical (unpaired) electrons. The van der Waals surface area contributed by atoms with Gasteiger partial charge in [0.2, 0.25) is 0 Å². The molecule has 16 heavy (non-hydrogen) atoms. The molecular weight excluding hydrogens is 230 g/mol. The summed E-state index contributed by atoms with van der Waals surface area (Å²) in [6.45, 7) is 4.90. The van der Waals surface area contributed by atoms with E-state index in [2.05, 4.69) is 0 Å². The van der Waals surface area contributed by atoms with Gasteiger partial charge in [-0.15, -0.1) is 0 Å². The van der Waals surface area contributed by atoms with Gasteiger partial charge >= 0.3 is 0 Å². The molecule has 5 nitrogen and oxygen atoms in total. The molecule has 2 aliphatic rings. The Morgan fingerprint density at radius 3 is 2.50 bits per heavy atom. The van der Waals surface area contributed by atoms with Gasteiger partial charge < -0.3 is 15.0 Å². The molecular formula is C10H16NO4S-. The molecule has 2 heterocycles. The number of Topliss-reactive ketones (excluding diaryl/α,β-unsaturated/α-hetero) is 1. The van der Waals surface area contributed by atoms with Gasteiger partial charge in [0.25, 0.3) is 0 Å². The molecule has 2 fully saturated rings. The molecule has 2 bridgehead atoms. The highest BCUT2D eigenvalue weighted by Crippen LogP contribution is 2.54. The van der Waals surface area contributed by atoms with Crippen molar-refractivity contribution in [2.45, 2.75) is 49.7 Å². The highest BCUT2D eigenvalue weighted by molar-refractivity contribution is 7.79. The van der Waals surface area contributed by atoms with Crippen LogP contribution in [-0.2, 0) is 20.6 Å². The summed E-state index contributed by atoms with van der Waals surface area (Å²) in [5.74, 6) is -0.636. The SMILES string of the molecule is CC(=O)C1C(N)C2(C)CC(S(=O)[O-])C1(C)O2. The minimum Gasteiger partial charge on any atom is -0.772 e. The summed E-state index contributed by atoms with van der Waals surface area (Å²) in [4.78, 5) is 11.6. The summed E-state index contributed by atoms with van der Waals surface area (Å²) in [5.41, 5.74) is 4.34. The molecule has 2 aliphatic heterocycles. The van der Waals surface area contributed by atoms with Crippen molar-refractivity contribution in [3.8, 4) is 0 Å². The van der Waals surface area contributed by atoms with Crippen molar-refractivity contribution in [2.24, 2.45) is 11.7 Å². The molecule has 0 aromatic carbocycles. The molecule has 0 saturated carbocycles. The van der Waals surface area contributed by atoms with Crippen molar-refractivity contribution >= 4 is 16.9 Å². The van der Waals surface area contributed by atoms with Crippen LogP contribution in [0.3, 0.4) is 0 Å². The van der Waals surface area contributed by atoms with Crippen molar-refractivity contribution in [1.82, 2.24) is 0 Å². The summed E-state index contributed by atoms with van der Waals surface area (Å²) in [5, 5.41) is -0.647. The first-order valence-electron chi connectivity index (χ1n) is 5.26. The first-order chi connectivity index (χ1) is 7.22. The number of ketones is 1. The van der Waals surface area contributed by atoms with E-state index in [4.69, 9.17) is 10.5 Å². The van der Waals surface area contributed by atoms with Crippen LogP contribution in [0, 0.1) is 5.92 Å². The van der Waals surface area contributed by atoms with Crippen LogP contribution in [-0.4, -0.2) is 37.0 Å². The number of ether oxygens (including phenoxy) is 1. The lowest BCUT2D eigenvalue weighted by Crippen LogP contribution is -2.57. The maximum atomic E-state index is 11.6. The molecule has 2 saturated heterocycles. The number of fused-ring (bicyclic) bond motifs is 2. The van der Waals surface area contributed by atoms with E-state index in [1.807, 2.05) is 0 Å². The molecule has 92 valence electrons. The van der Waals surface area contributed by atoms with E-state index in [9.17, 15) is 13.6 Å². The van der Waals surface area contributed by atoms with Crippen LogP contribution >= 0.6 is 0 Å². The van der Waals surface area contributed by atoms with E-state index in [1.165, 1.54) is 6.92 Å². The fourth-order valence-electron chi connectivity index (χ4n) is 3.27. The van der Waals surface area contributed by atoms with Crippen molar-refractivity contribution in [2.75, 3.05) is 0 Å². The molecule has 0 aromatic rings. The van der Waals surface area contributed by atoms with E-state index in [0.29, 0.717) is 6.42 Å². The largest absolute Gasteiger partial charge is 0.772 e. The average Bonchev–Trinajstić information content (AvgIpc) is 2.48. The normalized spacial score (nSPS) is 52.9. The van der Waals surface area contributed by atoms with Crippen LogP contribution in [0.4, 0.5) is 0 Å². The van der Waals surface area contributed by atoms with Crippen molar-refractivity contribution in [1.29, 1.82) is 0 Å². The number of hydrogen-bond acceptors (Lipinski definition) is 5. The molecule has 6 unspecified atom stereocenters. The van der Waals surface area contributed by atoms with Gasteiger partial charge in [-0.25, -0.2) is 0 Å². The molecule has 0 aliphatic carbocycles. The lowest BCUT2D eigenvalue weighted by Gasteiger charge is -2.39. The molecule has 0 spiro atoms. The maximum Gasteiger partial charge on any atom is 0.137 e. The maximum absolute atomic E-state index is 11.6. The second kappa shape index (κ2) is 3.35.